The molecule has 2 aliphatic heterocycles. The first-order valence-electron chi connectivity index (χ1n) is 16.7. The number of hydrogen-bond acceptors (Lipinski definition) is 4. The van der Waals surface area contributed by atoms with Crippen molar-refractivity contribution in [3.63, 3.8) is 0 Å². The predicted octanol–water partition coefficient (Wildman–Crippen LogP) is 6.93. The fourth-order valence-electron chi connectivity index (χ4n) is 6.28. The van der Waals surface area contributed by atoms with Crippen molar-refractivity contribution in [2.45, 2.75) is 104 Å². The third-order valence-electron chi connectivity index (χ3n) is 9.12. The molecule has 7 nitrogen and oxygen atoms in total. The number of piperidine rings is 1. The molecule has 3 amide bonds. The Kier molecular flexibility index (Phi) is 12.8. The van der Waals surface area contributed by atoms with Crippen molar-refractivity contribution in [1.29, 1.82) is 0 Å². The van der Waals surface area contributed by atoms with Gasteiger partial charge in [-0.05, 0) is 67.2 Å². The first kappa shape index (κ1) is 32.8. The second-order valence-corrected chi connectivity index (χ2v) is 13.0. The van der Waals surface area contributed by atoms with Crippen molar-refractivity contribution in [3.8, 4) is 5.75 Å². The lowest BCUT2D eigenvalue weighted by Crippen LogP contribution is -2.55. The topological polar surface area (TPSA) is 73.9 Å². The molecule has 7 heteroatoms. The van der Waals surface area contributed by atoms with Crippen LogP contribution in [0.5, 0.6) is 5.75 Å². The van der Waals surface area contributed by atoms with E-state index in [1.165, 1.54) is 18.4 Å². The zero-order valence-electron chi connectivity index (χ0n) is 26.9. The largest absolute Gasteiger partial charge is 0.489 e. The highest BCUT2D eigenvalue weighted by molar-refractivity contribution is 5.87. The fraction of sp³-hybridized carbons (Fsp3) is 0.611. The minimum Gasteiger partial charge on any atom is -0.489 e. The Balaban J connectivity index is 1.31. The molecule has 2 aromatic rings. The van der Waals surface area contributed by atoms with Gasteiger partial charge in [-0.25, -0.2) is 4.79 Å². The SMILES string of the molecule is CCC(C)C(NC1CCN(C(=O)[C@H](CC(C)C)NC(=O)N2CCCCCC2)CC1)c1ccc(OCc2ccccc2)cc1. The van der Waals surface area contributed by atoms with Crippen LogP contribution in [-0.2, 0) is 11.4 Å². The van der Waals surface area contributed by atoms with E-state index >= 15 is 0 Å². The van der Waals surface area contributed by atoms with E-state index in [1.54, 1.807) is 0 Å². The van der Waals surface area contributed by atoms with E-state index < -0.39 is 6.04 Å². The van der Waals surface area contributed by atoms with Gasteiger partial charge in [0, 0.05) is 38.3 Å². The van der Waals surface area contributed by atoms with Crippen LogP contribution < -0.4 is 15.4 Å². The average Bonchev–Trinajstić information content (AvgIpc) is 3.32. The summed E-state index contributed by atoms with van der Waals surface area (Å²) in [5.41, 5.74) is 2.43. The van der Waals surface area contributed by atoms with Crippen LogP contribution in [0, 0.1) is 11.8 Å². The maximum atomic E-state index is 13.7. The molecule has 0 aromatic heterocycles. The Hall–Kier alpha value is -3.06. The molecule has 0 bridgehead atoms. The van der Waals surface area contributed by atoms with Crippen LogP contribution in [0.25, 0.3) is 0 Å². The van der Waals surface area contributed by atoms with Gasteiger partial charge in [-0.1, -0.05) is 89.4 Å². The molecule has 3 atom stereocenters. The van der Waals surface area contributed by atoms with Gasteiger partial charge in [-0.3, -0.25) is 4.79 Å². The lowest BCUT2D eigenvalue weighted by Gasteiger charge is -2.38. The van der Waals surface area contributed by atoms with Gasteiger partial charge in [0.25, 0.3) is 0 Å². The van der Waals surface area contributed by atoms with Crippen LogP contribution in [0.1, 0.15) is 96.2 Å². The molecule has 2 aliphatic rings. The summed E-state index contributed by atoms with van der Waals surface area (Å²) >= 11 is 0. The highest BCUT2D eigenvalue weighted by Crippen LogP contribution is 2.29. The molecule has 0 aliphatic carbocycles. The molecule has 2 aromatic carbocycles. The minimum atomic E-state index is -0.462. The molecule has 2 N–H and O–H groups in total. The molecule has 43 heavy (non-hydrogen) atoms. The van der Waals surface area contributed by atoms with Crippen molar-refractivity contribution in [1.82, 2.24) is 20.4 Å². The van der Waals surface area contributed by atoms with Gasteiger partial charge < -0.3 is 25.2 Å². The quantitative estimate of drug-likeness (QED) is 0.281. The Morgan fingerprint density at radius 3 is 2.12 bits per heavy atom. The predicted molar refractivity (Wildman–Crippen MR) is 174 cm³/mol. The fourth-order valence-corrected chi connectivity index (χ4v) is 6.28. The number of rotatable bonds is 12. The number of amides is 3. The van der Waals surface area contributed by atoms with Crippen LogP contribution in [-0.4, -0.2) is 60.0 Å². The summed E-state index contributed by atoms with van der Waals surface area (Å²) in [6.07, 6.45) is 7.99. The van der Waals surface area contributed by atoms with E-state index in [0.717, 1.165) is 56.5 Å². The normalized spacial score (nSPS) is 18.5. The monoisotopic (exact) mass is 590 g/mol. The third-order valence-corrected chi connectivity index (χ3v) is 9.12. The second-order valence-electron chi connectivity index (χ2n) is 13.0. The van der Waals surface area contributed by atoms with Crippen LogP contribution in [0.3, 0.4) is 0 Å². The molecule has 2 unspecified atom stereocenters. The smallest absolute Gasteiger partial charge is 0.318 e. The third kappa shape index (κ3) is 9.99. The standard InChI is InChI=1S/C36H54N4O3/c1-5-28(4)34(30-15-17-32(18-16-30)43-26-29-13-9-8-10-14-29)37-31-19-23-39(24-20-31)35(41)33(25-27(2)3)38-36(42)40-21-11-6-7-12-22-40/h8-10,13-18,27-28,31,33-34,37H,5-7,11-12,19-26H2,1-4H3,(H,38,42)/t28?,33-,34?/m0/s1. The molecular weight excluding hydrogens is 536 g/mol. The molecule has 236 valence electrons. The summed E-state index contributed by atoms with van der Waals surface area (Å²) in [4.78, 5) is 30.6. The van der Waals surface area contributed by atoms with Gasteiger partial charge in [-0.2, -0.15) is 0 Å². The van der Waals surface area contributed by atoms with E-state index in [4.69, 9.17) is 4.74 Å². The van der Waals surface area contributed by atoms with Crippen LogP contribution >= 0.6 is 0 Å². The Morgan fingerprint density at radius 1 is 0.860 bits per heavy atom. The molecule has 2 heterocycles. The second kappa shape index (κ2) is 16.7. The van der Waals surface area contributed by atoms with Crippen LogP contribution in [0.15, 0.2) is 54.6 Å². The number of benzene rings is 2. The number of hydrogen-bond donors (Lipinski definition) is 2. The Labute approximate surface area is 259 Å². The summed E-state index contributed by atoms with van der Waals surface area (Å²) in [5, 5.41) is 7.07. The molecule has 4 rings (SSSR count). The van der Waals surface area contributed by atoms with Gasteiger partial charge in [0.05, 0.1) is 0 Å². The van der Waals surface area contributed by atoms with E-state index in [2.05, 4.69) is 74.7 Å². The van der Waals surface area contributed by atoms with E-state index in [0.29, 0.717) is 44.0 Å². The number of urea groups is 1. The number of nitrogens with zero attached hydrogens (tertiary/aromatic N) is 2. The molecule has 2 saturated heterocycles. The highest BCUT2D eigenvalue weighted by atomic mass is 16.5. The average molecular weight is 591 g/mol. The molecular formula is C36H54N4O3. The summed E-state index contributed by atoms with van der Waals surface area (Å²) in [5.74, 6) is 1.74. The van der Waals surface area contributed by atoms with E-state index in [1.807, 2.05) is 28.0 Å². The lowest BCUT2D eigenvalue weighted by molar-refractivity contribution is -0.134. The number of ether oxygens (including phenoxy) is 1. The highest BCUT2D eigenvalue weighted by Gasteiger charge is 2.32. The van der Waals surface area contributed by atoms with Gasteiger partial charge in [-0.15, -0.1) is 0 Å². The molecule has 0 saturated carbocycles. The number of carbonyl (C=O) groups excluding carboxylic acids is 2. The molecule has 0 radical (unpaired) electrons. The maximum Gasteiger partial charge on any atom is 0.318 e. The van der Waals surface area contributed by atoms with Crippen molar-refractivity contribution >= 4 is 11.9 Å². The lowest BCUT2D eigenvalue weighted by atomic mass is 9.90. The summed E-state index contributed by atoms with van der Waals surface area (Å²) < 4.78 is 6.02. The summed E-state index contributed by atoms with van der Waals surface area (Å²) in [6.45, 7) is 12.3. The van der Waals surface area contributed by atoms with Crippen molar-refractivity contribution in [3.05, 3.63) is 65.7 Å². The van der Waals surface area contributed by atoms with Crippen LogP contribution in [0.2, 0.25) is 0 Å². The Bertz CT molecular complexity index is 1110. The first-order valence-corrected chi connectivity index (χ1v) is 16.7. The number of nitrogens with one attached hydrogen (secondary N) is 2. The Morgan fingerprint density at radius 2 is 1.51 bits per heavy atom. The van der Waals surface area contributed by atoms with Crippen molar-refractivity contribution in [2.75, 3.05) is 26.2 Å². The van der Waals surface area contributed by atoms with Crippen molar-refractivity contribution < 1.29 is 14.3 Å². The maximum absolute atomic E-state index is 13.7. The van der Waals surface area contributed by atoms with Crippen LogP contribution in [0.4, 0.5) is 4.79 Å². The van der Waals surface area contributed by atoms with Gasteiger partial charge in [0.1, 0.15) is 18.4 Å². The van der Waals surface area contributed by atoms with E-state index in [-0.39, 0.29) is 18.0 Å². The molecule has 0 spiro atoms. The van der Waals surface area contributed by atoms with Gasteiger partial charge >= 0.3 is 6.03 Å². The first-order chi connectivity index (χ1) is 20.8. The zero-order chi connectivity index (χ0) is 30.6. The van der Waals surface area contributed by atoms with E-state index in [9.17, 15) is 9.59 Å². The summed E-state index contributed by atoms with van der Waals surface area (Å²) in [6, 6.07) is 18.8. The minimum absolute atomic E-state index is 0.0693. The zero-order valence-corrected chi connectivity index (χ0v) is 26.9. The summed E-state index contributed by atoms with van der Waals surface area (Å²) in [7, 11) is 0. The van der Waals surface area contributed by atoms with Gasteiger partial charge in [0.2, 0.25) is 5.91 Å². The van der Waals surface area contributed by atoms with Crippen molar-refractivity contribution in [2.24, 2.45) is 11.8 Å². The number of likely N-dealkylation sites (tertiary alicyclic amines) is 2. The van der Waals surface area contributed by atoms with Gasteiger partial charge in [0.15, 0.2) is 0 Å². The molecule has 2 fully saturated rings. The number of carbonyl (C=O) groups is 2.